The standard InChI is InChI=1S/C60H41N/c1-60(43-25-9-4-10-26-43)53-33-18-17-32-51(53)59-54(60)34-19-35-55(59)61(56-38-42-24-11-12-27-45(42)46-28-13-15-30-49(46)56)44-36-37-48-47-29-14-16-31-50(47)57(40-20-5-2-6-21-40)58(52(48)39-44)41-22-7-3-8-23-41/h2-39H,1H3. The second-order valence-electron chi connectivity index (χ2n) is 16.5. The molecule has 1 aliphatic rings. The molecule has 1 aliphatic carbocycles. The van der Waals surface area contributed by atoms with Crippen molar-refractivity contribution in [2.75, 3.05) is 4.90 Å². The van der Waals surface area contributed by atoms with Crippen LogP contribution in [0.2, 0.25) is 0 Å². The summed E-state index contributed by atoms with van der Waals surface area (Å²) >= 11 is 0. The zero-order chi connectivity index (χ0) is 40.5. The highest BCUT2D eigenvalue weighted by Crippen LogP contribution is 2.58. The molecule has 0 bridgehead atoms. The Morgan fingerprint density at radius 1 is 0.328 bits per heavy atom. The molecule has 286 valence electrons. The molecule has 11 aromatic carbocycles. The van der Waals surface area contributed by atoms with Crippen molar-refractivity contribution in [2.24, 2.45) is 0 Å². The maximum absolute atomic E-state index is 2.56. The van der Waals surface area contributed by atoms with Gasteiger partial charge in [0.25, 0.3) is 0 Å². The summed E-state index contributed by atoms with van der Waals surface area (Å²) in [6, 6.07) is 85.3. The number of hydrogen-bond acceptors (Lipinski definition) is 1. The first-order chi connectivity index (χ1) is 30.2. The molecule has 0 spiro atoms. The fourth-order valence-electron chi connectivity index (χ4n) is 10.5. The second-order valence-corrected chi connectivity index (χ2v) is 16.5. The van der Waals surface area contributed by atoms with Crippen LogP contribution in [0.3, 0.4) is 0 Å². The number of benzene rings is 11. The molecule has 0 fully saturated rings. The minimum Gasteiger partial charge on any atom is -0.309 e. The predicted molar refractivity (Wildman–Crippen MR) is 259 cm³/mol. The Labute approximate surface area is 356 Å². The molecule has 0 aromatic heterocycles. The summed E-state index contributed by atoms with van der Waals surface area (Å²) in [5, 5.41) is 9.88. The minimum absolute atomic E-state index is 0.340. The van der Waals surface area contributed by atoms with Crippen molar-refractivity contribution in [2.45, 2.75) is 12.3 Å². The fourth-order valence-corrected chi connectivity index (χ4v) is 10.5. The normalized spacial score (nSPS) is 14.4. The molecule has 1 nitrogen and oxygen atoms in total. The molecule has 0 saturated carbocycles. The first-order valence-corrected chi connectivity index (χ1v) is 21.3. The number of rotatable bonds is 6. The van der Waals surface area contributed by atoms with E-state index in [9.17, 15) is 0 Å². The Bertz CT molecular complexity index is 3480. The first-order valence-electron chi connectivity index (χ1n) is 21.3. The van der Waals surface area contributed by atoms with Crippen molar-refractivity contribution in [1.82, 2.24) is 0 Å². The van der Waals surface area contributed by atoms with Crippen molar-refractivity contribution in [1.29, 1.82) is 0 Å². The van der Waals surface area contributed by atoms with Gasteiger partial charge in [-0.2, -0.15) is 0 Å². The molecule has 1 atom stereocenters. The molecular formula is C60H41N. The topological polar surface area (TPSA) is 3.24 Å². The van der Waals surface area contributed by atoms with E-state index in [-0.39, 0.29) is 5.41 Å². The van der Waals surface area contributed by atoms with E-state index in [0.717, 1.165) is 17.1 Å². The monoisotopic (exact) mass is 775 g/mol. The van der Waals surface area contributed by atoms with Crippen LogP contribution in [0.1, 0.15) is 23.6 Å². The molecule has 12 rings (SSSR count). The smallest absolute Gasteiger partial charge is 0.0546 e. The Morgan fingerprint density at radius 2 is 0.852 bits per heavy atom. The van der Waals surface area contributed by atoms with Crippen molar-refractivity contribution in [3.8, 4) is 33.4 Å². The molecule has 0 aliphatic heterocycles. The van der Waals surface area contributed by atoms with E-state index in [2.05, 4.69) is 242 Å². The van der Waals surface area contributed by atoms with Gasteiger partial charge in [-0.25, -0.2) is 0 Å². The summed E-state index contributed by atoms with van der Waals surface area (Å²) in [6.45, 7) is 2.41. The van der Waals surface area contributed by atoms with Crippen LogP contribution in [-0.4, -0.2) is 0 Å². The number of nitrogens with zero attached hydrogens (tertiary/aromatic N) is 1. The van der Waals surface area contributed by atoms with Gasteiger partial charge in [0.05, 0.1) is 11.4 Å². The fraction of sp³-hybridized carbons (Fsp3) is 0.0333. The van der Waals surface area contributed by atoms with E-state index in [1.165, 1.54) is 93.2 Å². The molecule has 0 radical (unpaired) electrons. The Balaban J connectivity index is 1.23. The molecule has 0 N–H and O–H groups in total. The molecule has 0 heterocycles. The lowest BCUT2D eigenvalue weighted by Gasteiger charge is -2.32. The average Bonchev–Trinajstić information content (AvgIpc) is 3.61. The van der Waals surface area contributed by atoms with Gasteiger partial charge in [-0.15, -0.1) is 0 Å². The Morgan fingerprint density at radius 3 is 1.57 bits per heavy atom. The molecule has 61 heavy (non-hydrogen) atoms. The van der Waals surface area contributed by atoms with Crippen LogP contribution in [0.5, 0.6) is 0 Å². The maximum Gasteiger partial charge on any atom is 0.0546 e. The van der Waals surface area contributed by atoms with Gasteiger partial charge in [0, 0.05) is 22.1 Å². The van der Waals surface area contributed by atoms with Crippen LogP contribution < -0.4 is 4.90 Å². The van der Waals surface area contributed by atoms with Crippen LogP contribution in [0, 0.1) is 0 Å². The lowest BCUT2D eigenvalue weighted by molar-refractivity contribution is 0.714. The minimum atomic E-state index is -0.340. The van der Waals surface area contributed by atoms with Gasteiger partial charge in [-0.3, -0.25) is 0 Å². The van der Waals surface area contributed by atoms with Crippen molar-refractivity contribution in [3.63, 3.8) is 0 Å². The molecular weight excluding hydrogens is 735 g/mol. The zero-order valence-electron chi connectivity index (χ0n) is 33.9. The molecule has 0 amide bonds. The van der Waals surface area contributed by atoms with E-state index in [4.69, 9.17) is 0 Å². The number of anilines is 3. The van der Waals surface area contributed by atoms with Crippen LogP contribution in [0.4, 0.5) is 17.1 Å². The third-order valence-electron chi connectivity index (χ3n) is 13.3. The van der Waals surface area contributed by atoms with Gasteiger partial charge in [0.15, 0.2) is 0 Å². The van der Waals surface area contributed by atoms with Crippen LogP contribution in [0.25, 0.3) is 76.5 Å². The van der Waals surface area contributed by atoms with Gasteiger partial charge >= 0.3 is 0 Å². The van der Waals surface area contributed by atoms with Gasteiger partial charge in [0.2, 0.25) is 0 Å². The van der Waals surface area contributed by atoms with E-state index < -0.39 is 0 Å². The van der Waals surface area contributed by atoms with E-state index >= 15 is 0 Å². The second kappa shape index (κ2) is 13.9. The van der Waals surface area contributed by atoms with Crippen molar-refractivity contribution in [3.05, 3.63) is 247 Å². The third kappa shape index (κ3) is 5.34. The van der Waals surface area contributed by atoms with E-state index in [1.54, 1.807) is 0 Å². The van der Waals surface area contributed by atoms with Crippen LogP contribution in [0.15, 0.2) is 231 Å². The lowest BCUT2D eigenvalue weighted by Crippen LogP contribution is -2.22. The third-order valence-corrected chi connectivity index (χ3v) is 13.3. The molecule has 1 heteroatoms. The zero-order valence-corrected chi connectivity index (χ0v) is 33.9. The highest BCUT2D eigenvalue weighted by atomic mass is 15.1. The van der Waals surface area contributed by atoms with Crippen LogP contribution >= 0.6 is 0 Å². The van der Waals surface area contributed by atoms with E-state index in [0.29, 0.717) is 0 Å². The van der Waals surface area contributed by atoms with Gasteiger partial charge in [-0.1, -0.05) is 206 Å². The van der Waals surface area contributed by atoms with Crippen LogP contribution in [-0.2, 0) is 5.41 Å². The summed E-state index contributed by atoms with van der Waals surface area (Å²) in [7, 11) is 0. The summed E-state index contributed by atoms with van der Waals surface area (Å²) in [5.41, 5.74) is 14.5. The highest BCUT2D eigenvalue weighted by molar-refractivity contribution is 6.23. The average molecular weight is 776 g/mol. The highest BCUT2D eigenvalue weighted by Gasteiger charge is 2.42. The quantitative estimate of drug-likeness (QED) is 0.152. The summed E-state index contributed by atoms with van der Waals surface area (Å²) in [4.78, 5) is 2.56. The molecule has 1 unspecified atom stereocenters. The molecule has 0 saturated heterocycles. The summed E-state index contributed by atoms with van der Waals surface area (Å²) in [5.74, 6) is 0. The Kier molecular flexibility index (Phi) is 8.05. The van der Waals surface area contributed by atoms with E-state index in [1.807, 2.05) is 0 Å². The largest absolute Gasteiger partial charge is 0.309 e. The summed E-state index contributed by atoms with van der Waals surface area (Å²) < 4.78 is 0. The first kappa shape index (κ1) is 35.2. The SMILES string of the molecule is CC1(c2ccccc2)c2ccccc2-c2c(N(c3ccc4c(c3)c(-c3ccccc3)c(-c3ccccc3)c3ccccc34)c3cc4ccccc4c4ccccc34)cccc21. The molecule has 11 aromatic rings. The summed E-state index contributed by atoms with van der Waals surface area (Å²) in [6.07, 6.45) is 0. The van der Waals surface area contributed by atoms with Gasteiger partial charge < -0.3 is 4.90 Å². The predicted octanol–water partition coefficient (Wildman–Crippen LogP) is 16.4. The van der Waals surface area contributed by atoms with Gasteiger partial charge in [0.1, 0.15) is 0 Å². The van der Waals surface area contributed by atoms with Gasteiger partial charge in [-0.05, 0) is 113 Å². The maximum atomic E-state index is 2.56. The lowest BCUT2D eigenvalue weighted by atomic mass is 9.74. The van der Waals surface area contributed by atoms with Crippen molar-refractivity contribution < 1.29 is 0 Å². The Hall–Kier alpha value is -7.74. The van der Waals surface area contributed by atoms with Crippen molar-refractivity contribution >= 4 is 60.2 Å². The number of fused-ring (bicyclic) bond motifs is 9. The number of hydrogen-bond donors (Lipinski definition) is 0.